The van der Waals surface area contributed by atoms with Crippen molar-refractivity contribution in [2.75, 3.05) is 17.2 Å². The van der Waals surface area contributed by atoms with Crippen LogP contribution in [0.25, 0.3) is 5.52 Å². The second kappa shape index (κ2) is 10.6. The summed E-state index contributed by atoms with van der Waals surface area (Å²) < 4.78 is 41.1. The summed E-state index contributed by atoms with van der Waals surface area (Å²) >= 11 is 0. The first-order chi connectivity index (χ1) is 19.2. The molecule has 11 nitrogen and oxygen atoms in total. The normalized spacial score (nSPS) is 14.1. The summed E-state index contributed by atoms with van der Waals surface area (Å²) in [5.74, 6) is -1.70. The third-order valence-electron chi connectivity index (χ3n) is 6.48. The maximum absolute atomic E-state index is 15.0. The van der Waals surface area contributed by atoms with Crippen LogP contribution in [0.2, 0.25) is 0 Å². The van der Waals surface area contributed by atoms with Crippen LogP contribution in [-0.2, 0) is 9.59 Å². The zero-order valence-corrected chi connectivity index (χ0v) is 21.4. The van der Waals surface area contributed by atoms with E-state index in [0.29, 0.717) is 41.1 Å². The van der Waals surface area contributed by atoms with Crippen molar-refractivity contribution >= 4 is 34.4 Å². The molecule has 3 N–H and O–H groups in total. The van der Waals surface area contributed by atoms with Crippen LogP contribution in [0.15, 0.2) is 60.1 Å². The smallest absolute Gasteiger partial charge is 0.247 e. The molecule has 0 bridgehead atoms. The monoisotopic (exact) mass is 550 g/mol. The first-order valence-electron chi connectivity index (χ1n) is 12.2. The minimum Gasteiger partial charge on any atom is -0.486 e. The molecule has 4 aromatic rings. The molecular formula is C27H24F2N6O5. The number of aryl methyl sites for hydroxylation is 1. The minimum atomic E-state index is -1.34. The van der Waals surface area contributed by atoms with E-state index in [4.69, 9.17) is 14.7 Å². The van der Waals surface area contributed by atoms with Gasteiger partial charge in [0.1, 0.15) is 47.0 Å². The van der Waals surface area contributed by atoms with Gasteiger partial charge in [-0.05, 0) is 63.1 Å². The molecule has 40 heavy (non-hydrogen) atoms. The van der Waals surface area contributed by atoms with Crippen LogP contribution in [-0.4, -0.2) is 43.9 Å². The molecule has 2 heterocycles. The van der Waals surface area contributed by atoms with Crippen molar-refractivity contribution in [2.24, 2.45) is 10.6 Å². The number of hydrogen-bond donors (Lipinski definition) is 3. The molecule has 2 aromatic carbocycles. The summed E-state index contributed by atoms with van der Waals surface area (Å²) in [6, 6.07) is 9.03. The SMILES string of the molecule is C/C(COc1cn2ncnc(Oc3ccc(NC(=O)C4(C(=O)Nc5ccc(F)cc5)CC4)c(F)c3)c2c1C)=N\O. The van der Waals surface area contributed by atoms with E-state index >= 15 is 0 Å². The van der Waals surface area contributed by atoms with Gasteiger partial charge in [-0.2, -0.15) is 10.1 Å². The van der Waals surface area contributed by atoms with Crippen LogP contribution in [0.1, 0.15) is 25.3 Å². The molecule has 13 heteroatoms. The fourth-order valence-corrected chi connectivity index (χ4v) is 4.02. The topological polar surface area (TPSA) is 139 Å². The molecule has 0 aliphatic heterocycles. The average Bonchev–Trinajstić information content (AvgIpc) is 3.69. The number of carbonyl (C=O) groups is 2. The highest BCUT2D eigenvalue weighted by molar-refractivity contribution is 6.16. The largest absolute Gasteiger partial charge is 0.486 e. The highest BCUT2D eigenvalue weighted by Crippen LogP contribution is 2.47. The fraction of sp³-hybridized carbons (Fsp3) is 0.222. The lowest BCUT2D eigenvalue weighted by atomic mass is 10.0. The number of ether oxygens (including phenoxy) is 2. The lowest BCUT2D eigenvalue weighted by Gasteiger charge is -2.16. The van der Waals surface area contributed by atoms with E-state index in [1.165, 1.54) is 47.2 Å². The van der Waals surface area contributed by atoms with E-state index in [2.05, 4.69) is 25.9 Å². The second-order valence-electron chi connectivity index (χ2n) is 9.34. The number of anilines is 2. The van der Waals surface area contributed by atoms with Gasteiger partial charge in [-0.3, -0.25) is 9.59 Å². The number of hydrogen-bond acceptors (Lipinski definition) is 8. The third kappa shape index (κ3) is 5.25. The molecule has 1 fully saturated rings. The van der Waals surface area contributed by atoms with E-state index in [1.54, 1.807) is 20.0 Å². The van der Waals surface area contributed by atoms with E-state index < -0.39 is 28.9 Å². The Balaban J connectivity index is 1.29. The van der Waals surface area contributed by atoms with Gasteiger partial charge in [-0.15, -0.1) is 0 Å². The van der Waals surface area contributed by atoms with Crippen LogP contribution in [0.3, 0.4) is 0 Å². The third-order valence-corrected chi connectivity index (χ3v) is 6.48. The zero-order chi connectivity index (χ0) is 28.4. The summed E-state index contributed by atoms with van der Waals surface area (Å²) in [4.78, 5) is 29.8. The van der Waals surface area contributed by atoms with Crippen LogP contribution in [0, 0.1) is 24.0 Å². The van der Waals surface area contributed by atoms with Crippen LogP contribution in [0.4, 0.5) is 20.2 Å². The number of rotatable bonds is 9. The van der Waals surface area contributed by atoms with Crippen LogP contribution < -0.4 is 20.1 Å². The molecule has 0 radical (unpaired) electrons. The zero-order valence-electron chi connectivity index (χ0n) is 21.4. The number of amides is 2. The summed E-state index contributed by atoms with van der Waals surface area (Å²) in [5.41, 5.74) is 0.401. The Morgan fingerprint density at radius 2 is 1.85 bits per heavy atom. The average molecular weight is 551 g/mol. The Labute approximate surface area is 226 Å². The maximum Gasteiger partial charge on any atom is 0.247 e. The lowest BCUT2D eigenvalue weighted by Crippen LogP contribution is -2.35. The number of aromatic nitrogens is 3. The van der Waals surface area contributed by atoms with E-state index in [0.717, 1.165) is 6.07 Å². The number of nitrogens with one attached hydrogen (secondary N) is 2. The molecule has 5 rings (SSSR count). The Hall–Kier alpha value is -5.07. The van der Waals surface area contributed by atoms with Crippen LogP contribution >= 0.6 is 0 Å². The van der Waals surface area contributed by atoms with Crippen molar-refractivity contribution in [3.8, 4) is 17.4 Å². The first-order valence-corrected chi connectivity index (χ1v) is 12.2. The lowest BCUT2D eigenvalue weighted by molar-refractivity contribution is -0.131. The molecule has 0 saturated heterocycles. The van der Waals surface area contributed by atoms with Gasteiger partial charge in [0.15, 0.2) is 0 Å². The Morgan fingerprint density at radius 1 is 1.12 bits per heavy atom. The molecular weight excluding hydrogens is 526 g/mol. The summed E-state index contributed by atoms with van der Waals surface area (Å²) in [6.45, 7) is 3.43. The number of fused-ring (bicyclic) bond motifs is 1. The predicted octanol–water partition coefficient (Wildman–Crippen LogP) is 4.69. The van der Waals surface area contributed by atoms with Crippen molar-refractivity contribution in [1.29, 1.82) is 0 Å². The van der Waals surface area contributed by atoms with Crippen molar-refractivity contribution in [3.63, 3.8) is 0 Å². The first kappa shape index (κ1) is 26.5. The van der Waals surface area contributed by atoms with Gasteiger partial charge in [0, 0.05) is 17.3 Å². The summed E-state index contributed by atoms with van der Waals surface area (Å²) in [6.07, 6.45) is 3.48. The molecule has 1 saturated carbocycles. The molecule has 206 valence electrons. The van der Waals surface area contributed by atoms with Gasteiger partial charge in [0.2, 0.25) is 17.7 Å². The van der Waals surface area contributed by atoms with Gasteiger partial charge in [0.05, 0.1) is 17.6 Å². The number of benzene rings is 2. The molecule has 1 aliphatic rings. The standard InChI is InChI=1S/C27H24F2N6O5/c1-15(34-38)13-39-22-12-35-23(16(22)2)24(30-14-31-35)40-19-7-8-21(20(29)11-19)33-26(37)27(9-10-27)25(36)32-18-5-3-17(28)4-6-18/h3-8,11-12,14,38H,9-10,13H2,1-2H3,(H,32,36)(H,33,37)/b34-15+. The van der Waals surface area contributed by atoms with Crippen molar-refractivity contribution in [1.82, 2.24) is 14.6 Å². The number of nitrogens with zero attached hydrogens (tertiary/aromatic N) is 4. The highest BCUT2D eigenvalue weighted by atomic mass is 19.1. The van der Waals surface area contributed by atoms with E-state index in [1.807, 2.05) is 0 Å². The maximum atomic E-state index is 15.0. The number of halogens is 2. The molecule has 2 aromatic heterocycles. The second-order valence-corrected chi connectivity index (χ2v) is 9.34. The molecule has 1 aliphatic carbocycles. The predicted molar refractivity (Wildman–Crippen MR) is 140 cm³/mol. The van der Waals surface area contributed by atoms with Gasteiger partial charge in [0.25, 0.3) is 0 Å². The number of carbonyl (C=O) groups excluding carboxylic acids is 2. The van der Waals surface area contributed by atoms with Crippen LogP contribution in [0.5, 0.6) is 17.4 Å². The van der Waals surface area contributed by atoms with E-state index in [-0.39, 0.29) is 23.9 Å². The fourth-order valence-electron chi connectivity index (χ4n) is 4.02. The highest BCUT2D eigenvalue weighted by Gasteiger charge is 2.56. The van der Waals surface area contributed by atoms with Gasteiger partial charge in [-0.25, -0.2) is 13.3 Å². The summed E-state index contributed by atoms with van der Waals surface area (Å²) in [7, 11) is 0. The van der Waals surface area contributed by atoms with Gasteiger partial charge >= 0.3 is 0 Å². The molecule has 0 spiro atoms. The van der Waals surface area contributed by atoms with Crippen molar-refractivity contribution < 1.29 is 33.1 Å². The molecule has 0 unspecified atom stereocenters. The number of oxime groups is 1. The van der Waals surface area contributed by atoms with E-state index in [9.17, 15) is 18.4 Å². The Kier molecular flexibility index (Phi) is 7.03. The molecule has 2 amide bonds. The van der Waals surface area contributed by atoms with Crippen molar-refractivity contribution in [3.05, 3.63) is 72.2 Å². The Bertz CT molecular complexity index is 1630. The Morgan fingerprint density at radius 3 is 2.52 bits per heavy atom. The summed E-state index contributed by atoms with van der Waals surface area (Å²) in [5, 5.41) is 21.1. The van der Waals surface area contributed by atoms with Gasteiger partial charge < -0.3 is 25.3 Å². The van der Waals surface area contributed by atoms with Crippen molar-refractivity contribution in [2.45, 2.75) is 26.7 Å². The molecule has 0 atom stereocenters. The van der Waals surface area contributed by atoms with Gasteiger partial charge in [-0.1, -0.05) is 5.16 Å². The minimum absolute atomic E-state index is 0.0609. The quantitative estimate of drug-likeness (QED) is 0.119.